The molecule has 1 N–H and O–H groups in total. The Kier molecular flexibility index (Phi) is 5.16. The van der Waals surface area contributed by atoms with E-state index in [-0.39, 0.29) is 18.7 Å². The quantitative estimate of drug-likeness (QED) is 0.826. The number of sulfonamides is 1. The molecule has 0 aliphatic heterocycles. The van der Waals surface area contributed by atoms with Crippen LogP contribution in [0.2, 0.25) is 0 Å². The second-order valence-electron chi connectivity index (χ2n) is 4.58. The van der Waals surface area contributed by atoms with Crippen molar-refractivity contribution in [2.45, 2.75) is 12.7 Å². The molecule has 1 heterocycles. The van der Waals surface area contributed by atoms with Crippen molar-refractivity contribution in [3.8, 4) is 0 Å². The SMILES string of the molecule is CN(CCNS(C)(=O)=O)Cc1cn(C)nc1C(F)(F)F. The van der Waals surface area contributed by atoms with E-state index in [1.807, 2.05) is 0 Å². The highest BCUT2D eigenvalue weighted by atomic mass is 32.2. The number of rotatable bonds is 6. The van der Waals surface area contributed by atoms with Gasteiger partial charge in [0, 0.05) is 38.4 Å². The number of hydrogen-bond acceptors (Lipinski definition) is 4. The van der Waals surface area contributed by atoms with Gasteiger partial charge in [-0.3, -0.25) is 4.68 Å². The van der Waals surface area contributed by atoms with E-state index in [4.69, 9.17) is 0 Å². The van der Waals surface area contributed by atoms with Gasteiger partial charge in [-0.1, -0.05) is 0 Å². The van der Waals surface area contributed by atoms with Crippen LogP contribution in [0.4, 0.5) is 13.2 Å². The topological polar surface area (TPSA) is 67.2 Å². The lowest BCUT2D eigenvalue weighted by molar-refractivity contribution is -0.142. The van der Waals surface area contributed by atoms with E-state index >= 15 is 0 Å². The summed E-state index contributed by atoms with van der Waals surface area (Å²) in [5.74, 6) is 0. The molecule has 1 rings (SSSR count). The maximum absolute atomic E-state index is 12.7. The third kappa shape index (κ3) is 5.47. The highest BCUT2D eigenvalue weighted by Gasteiger charge is 2.36. The fourth-order valence-corrected chi connectivity index (χ4v) is 2.15. The summed E-state index contributed by atoms with van der Waals surface area (Å²) in [7, 11) is -0.264. The lowest BCUT2D eigenvalue weighted by Crippen LogP contribution is -2.32. The van der Waals surface area contributed by atoms with Gasteiger partial charge in [0.2, 0.25) is 10.0 Å². The Bertz CT molecular complexity index is 553. The Morgan fingerprint density at radius 3 is 2.55 bits per heavy atom. The number of halogens is 3. The van der Waals surface area contributed by atoms with Crippen molar-refractivity contribution in [3.63, 3.8) is 0 Å². The van der Waals surface area contributed by atoms with Crippen LogP contribution >= 0.6 is 0 Å². The Morgan fingerprint density at radius 2 is 2.05 bits per heavy atom. The zero-order chi connectivity index (χ0) is 15.6. The molecule has 0 radical (unpaired) electrons. The molecule has 1 aromatic heterocycles. The first-order valence-corrected chi connectivity index (χ1v) is 7.61. The molecule has 116 valence electrons. The minimum absolute atomic E-state index is 0.0358. The number of aryl methyl sites for hydroxylation is 1. The van der Waals surface area contributed by atoms with Gasteiger partial charge in [0.1, 0.15) is 0 Å². The van der Waals surface area contributed by atoms with Crippen molar-refractivity contribution in [1.29, 1.82) is 0 Å². The number of alkyl halides is 3. The van der Waals surface area contributed by atoms with Crippen molar-refractivity contribution in [3.05, 3.63) is 17.5 Å². The van der Waals surface area contributed by atoms with Crippen LogP contribution in [-0.4, -0.2) is 49.5 Å². The van der Waals surface area contributed by atoms with E-state index in [9.17, 15) is 21.6 Å². The van der Waals surface area contributed by atoms with Gasteiger partial charge in [-0.15, -0.1) is 0 Å². The smallest absolute Gasteiger partial charge is 0.301 e. The molecule has 20 heavy (non-hydrogen) atoms. The minimum Gasteiger partial charge on any atom is -0.301 e. The molecule has 0 spiro atoms. The zero-order valence-electron chi connectivity index (χ0n) is 11.4. The van der Waals surface area contributed by atoms with Gasteiger partial charge in [-0.05, 0) is 7.05 Å². The van der Waals surface area contributed by atoms with Gasteiger partial charge < -0.3 is 4.90 Å². The summed E-state index contributed by atoms with van der Waals surface area (Å²) in [4.78, 5) is 1.59. The molecule has 0 amide bonds. The third-order valence-corrected chi connectivity index (χ3v) is 3.20. The van der Waals surface area contributed by atoms with Crippen LogP contribution < -0.4 is 4.72 Å². The van der Waals surface area contributed by atoms with Gasteiger partial charge in [-0.25, -0.2) is 13.1 Å². The molecule has 0 aromatic carbocycles. The van der Waals surface area contributed by atoms with Crippen LogP contribution in [0.5, 0.6) is 0 Å². The Balaban J connectivity index is 2.65. The largest absolute Gasteiger partial charge is 0.435 e. The van der Waals surface area contributed by atoms with Gasteiger partial charge in [0.25, 0.3) is 0 Å². The van der Waals surface area contributed by atoms with Crippen molar-refractivity contribution >= 4 is 10.0 Å². The maximum Gasteiger partial charge on any atom is 0.435 e. The molecular weight excluding hydrogens is 297 g/mol. The number of aromatic nitrogens is 2. The van der Waals surface area contributed by atoms with Crippen LogP contribution in [0.1, 0.15) is 11.3 Å². The molecular formula is C10H17F3N4O2S. The number of hydrogen-bond donors (Lipinski definition) is 1. The van der Waals surface area contributed by atoms with E-state index < -0.39 is 21.9 Å². The molecule has 0 atom stereocenters. The molecule has 0 bridgehead atoms. The van der Waals surface area contributed by atoms with Crippen LogP contribution in [0.15, 0.2) is 6.20 Å². The summed E-state index contributed by atoms with van der Waals surface area (Å²) in [6, 6.07) is 0. The highest BCUT2D eigenvalue weighted by Crippen LogP contribution is 2.30. The summed E-state index contributed by atoms with van der Waals surface area (Å²) in [5.41, 5.74) is -0.857. The lowest BCUT2D eigenvalue weighted by Gasteiger charge is -2.16. The molecule has 0 saturated heterocycles. The minimum atomic E-state index is -4.50. The second kappa shape index (κ2) is 6.10. The molecule has 10 heteroatoms. The predicted molar refractivity (Wildman–Crippen MR) is 67.4 cm³/mol. The third-order valence-electron chi connectivity index (χ3n) is 2.47. The van der Waals surface area contributed by atoms with Crippen LogP contribution in [0.3, 0.4) is 0 Å². The molecule has 0 aliphatic carbocycles. The molecule has 0 fully saturated rings. The molecule has 0 saturated carbocycles. The monoisotopic (exact) mass is 314 g/mol. The average molecular weight is 314 g/mol. The first kappa shape index (κ1) is 16.9. The van der Waals surface area contributed by atoms with Crippen LogP contribution in [0, 0.1) is 0 Å². The summed E-state index contributed by atoms with van der Waals surface area (Å²) in [6.07, 6.45) is -2.17. The second-order valence-corrected chi connectivity index (χ2v) is 6.41. The van der Waals surface area contributed by atoms with E-state index in [1.165, 1.54) is 13.2 Å². The standard InChI is InChI=1S/C10H17F3N4O2S/c1-16(5-4-14-20(3,18)19)6-8-7-17(2)15-9(8)10(11,12)13/h7,14H,4-6H2,1-3H3. The number of nitrogens with one attached hydrogen (secondary N) is 1. The van der Waals surface area contributed by atoms with Gasteiger partial charge >= 0.3 is 6.18 Å². The van der Waals surface area contributed by atoms with Gasteiger partial charge in [0.15, 0.2) is 5.69 Å². The van der Waals surface area contributed by atoms with Crippen molar-refractivity contribution < 1.29 is 21.6 Å². The van der Waals surface area contributed by atoms with Crippen LogP contribution in [0.25, 0.3) is 0 Å². The maximum atomic E-state index is 12.7. The summed E-state index contributed by atoms with van der Waals surface area (Å²) in [6.45, 7) is 0.463. The molecule has 0 unspecified atom stereocenters. The first-order chi connectivity index (χ1) is 8.99. The molecule has 1 aromatic rings. The Labute approximate surface area is 115 Å². The summed E-state index contributed by atoms with van der Waals surface area (Å²) >= 11 is 0. The predicted octanol–water partition coefficient (Wildman–Crippen LogP) is 0.420. The average Bonchev–Trinajstić information content (AvgIpc) is 2.56. The lowest BCUT2D eigenvalue weighted by atomic mass is 10.2. The highest BCUT2D eigenvalue weighted by molar-refractivity contribution is 7.88. The fraction of sp³-hybridized carbons (Fsp3) is 0.700. The first-order valence-electron chi connectivity index (χ1n) is 5.72. The fourth-order valence-electron chi connectivity index (χ4n) is 1.68. The molecule has 0 aliphatic rings. The van der Waals surface area contributed by atoms with E-state index in [0.29, 0.717) is 6.54 Å². The van der Waals surface area contributed by atoms with E-state index in [1.54, 1.807) is 11.9 Å². The Morgan fingerprint density at radius 1 is 1.45 bits per heavy atom. The van der Waals surface area contributed by atoms with Crippen molar-refractivity contribution in [2.24, 2.45) is 7.05 Å². The zero-order valence-corrected chi connectivity index (χ0v) is 12.2. The van der Waals surface area contributed by atoms with E-state index in [2.05, 4.69) is 9.82 Å². The van der Waals surface area contributed by atoms with Crippen molar-refractivity contribution in [1.82, 2.24) is 19.4 Å². The van der Waals surface area contributed by atoms with E-state index in [0.717, 1.165) is 10.9 Å². The summed E-state index contributed by atoms with van der Waals surface area (Å²) in [5, 5.41) is 3.41. The normalized spacial score (nSPS) is 13.2. The number of likely N-dealkylation sites (N-methyl/N-ethyl adjacent to an activating group) is 1. The van der Waals surface area contributed by atoms with Crippen LogP contribution in [-0.2, 0) is 29.8 Å². The van der Waals surface area contributed by atoms with Gasteiger partial charge in [-0.2, -0.15) is 18.3 Å². The molecule has 6 nitrogen and oxygen atoms in total. The van der Waals surface area contributed by atoms with Gasteiger partial charge in [0.05, 0.1) is 6.26 Å². The Hall–Kier alpha value is -1.13. The van der Waals surface area contributed by atoms with Crippen molar-refractivity contribution in [2.75, 3.05) is 26.4 Å². The number of nitrogens with zero attached hydrogens (tertiary/aromatic N) is 3. The summed E-state index contributed by atoms with van der Waals surface area (Å²) < 4.78 is 63.3.